The first-order chi connectivity index (χ1) is 40.2. The fraction of sp³-hybridized carbons (Fsp3) is 0.831. The first-order valence-corrected chi connectivity index (χ1v) is 34.6. The van der Waals surface area contributed by atoms with Gasteiger partial charge in [-0.15, -0.1) is 0 Å². The Balaban J connectivity index is 2.59. The van der Waals surface area contributed by atoms with E-state index < -0.39 is 67.4 Å². The molecule has 0 aliphatic carbocycles. The van der Waals surface area contributed by atoms with Crippen molar-refractivity contribution >= 4 is 11.9 Å². The quantitative estimate of drug-likeness (QED) is 0.0195. The number of rotatable bonds is 59. The zero-order valence-electron chi connectivity index (χ0n) is 53.1. The minimum atomic E-state index is -1.62. The maximum atomic E-state index is 13.5. The molecule has 0 aromatic rings. The van der Waals surface area contributed by atoms with E-state index in [1.165, 1.54) is 193 Å². The molecule has 0 aromatic heterocycles. The van der Waals surface area contributed by atoms with Crippen molar-refractivity contribution < 1.29 is 49.3 Å². The fourth-order valence-corrected chi connectivity index (χ4v) is 10.7. The van der Waals surface area contributed by atoms with Crippen LogP contribution in [0.1, 0.15) is 316 Å². The molecular formula is C71H129NO10. The highest BCUT2D eigenvalue weighted by Gasteiger charge is 2.47. The molecule has 1 amide bonds. The summed E-state index contributed by atoms with van der Waals surface area (Å²) in [4.78, 5) is 26.6. The topological polar surface area (TPSA) is 175 Å². The molecule has 1 heterocycles. The summed E-state index contributed by atoms with van der Waals surface area (Å²) in [6, 6.07) is -1.03. The van der Waals surface area contributed by atoms with Crippen LogP contribution in [0.4, 0.5) is 0 Å². The largest absolute Gasteiger partial charge is 0.454 e. The van der Waals surface area contributed by atoms with Crippen LogP contribution in [0.5, 0.6) is 0 Å². The average Bonchev–Trinajstić information content (AvgIpc) is 3.44. The number of allylic oxidation sites excluding steroid dienone is 9. The number of carbonyl (C=O) groups is 2. The molecule has 1 saturated heterocycles. The van der Waals surface area contributed by atoms with Gasteiger partial charge in [0.05, 0.1) is 25.4 Å². The molecule has 1 aliphatic rings. The fourth-order valence-electron chi connectivity index (χ4n) is 10.7. The molecule has 0 saturated carbocycles. The van der Waals surface area contributed by atoms with Crippen LogP contribution < -0.4 is 5.32 Å². The predicted molar refractivity (Wildman–Crippen MR) is 343 cm³/mol. The third-order valence-electron chi connectivity index (χ3n) is 16.1. The number of carbonyl (C=O) groups excluding carboxylic acids is 2. The second kappa shape index (κ2) is 58.7. The summed E-state index contributed by atoms with van der Waals surface area (Å²) in [5.41, 5.74) is 0. The molecular weight excluding hydrogens is 1030 g/mol. The number of esters is 1. The van der Waals surface area contributed by atoms with Crippen LogP contribution in [-0.4, -0.2) is 99.6 Å². The van der Waals surface area contributed by atoms with Gasteiger partial charge in [0.2, 0.25) is 5.91 Å². The van der Waals surface area contributed by atoms with Crippen molar-refractivity contribution in [2.24, 2.45) is 0 Å². The molecule has 1 fully saturated rings. The number of ether oxygens (including phenoxy) is 3. The van der Waals surface area contributed by atoms with Crippen LogP contribution in [0.25, 0.3) is 0 Å². The Morgan fingerprint density at radius 2 is 0.841 bits per heavy atom. The molecule has 8 atom stereocenters. The standard InChI is InChI=1S/C71H129NO10/c1-4-7-10-13-16-19-22-25-27-29-31-32-33-34-35-37-39-41-44-47-50-53-56-59-66(76)82-69-68(78)67(77)65(60-73)81-71(69)80-61-62(63(74)57-54-51-48-45-42-24-21-18-15-12-9-6-3)72-70(79)64(75)58-55-52-49-46-43-40-38-36-30-28-26-23-20-17-14-11-8-5-2/h16-17,19-20,25-28,54,57,62-65,67-69,71,73-75,77-78H,4-15,18,21-24,29-53,55-56,58-61H2,1-3H3,(H,72,79)/b19-16-,20-17-,27-25-,28-26-,57-54+. The molecule has 0 aromatic carbocycles. The molecule has 0 spiro atoms. The number of hydrogen-bond acceptors (Lipinski definition) is 10. The summed E-state index contributed by atoms with van der Waals surface area (Å²) in [7, 11) is 0. The van der Waals surface area contributed by atoms with E-state index in [2.05, 4.69) is 74.7 Å². The summed E-state index contributed by atoms with van der Waals surface area (Å²) in [6.45, 7) is 5.77. The highest BCUT2D eigenvalue weighted by molar-refractivity contribution is 5.80. The minimum absolute atomic E-state index is 0.122. The van der Waals surface area contributed by atoms with Crippen LogP contribution in [0.2, 0.25) is 0 Å². The lowest BCUT2D eigenvalue weighted by Crippen LogP contribution is -2.61. The second-order valence-electron chi connectivity index (χ2n) is 23.9. The van der Waals surface area contributed by atoms with E-state index in [9.17, 15) is 35.1 Å². The molecule has 8 unspecified atom stereocenters. The van der Waals surface area contributed by atoms with E-state index >= 15 is 0 Å². The van der Waals surface area contributed by atoms with Crippen molar-refractivity contribution in [1.29, 1.82) is 0 Å². The monoisotopic (exact) mass is 1160 g/mol. The Morgan fingerprint density at radius 3 is 1.27 bits per heavy atom. The van der Waals surface area contributed by atoms with E-state index in [0.717, 1.165) is 77.0 Å². The van der Waals surface area contributed by atoms with E-state index in [4.69, 9.17) is 14.2 Å². The van der Waals surface area contributed by atoms with Crippen molar-refractivity contribution in [1.82, 2.24) is 5.32 Å². The van der Waals surface area contributed by atoms with E-state index in [1.54, 1.807) is 6.08 Å². The molecule has 1 aliphatic heterocycles. The van der Waals surface area contributed by atoms with Gasteiger partial charge in [0, 0.05) is 6.42 Å². The lowest BCUT2D eigenvalue weighted by atomic mass is 9.99. The third-order valence-corrected chi connectivity index (χ3v) is 16.1. The van der Waals surface area contributed by atoms with Crippen molar-refractivity contribution in [3.8, 4) is 0 Å². The molecule has 11 heteroatoms. The van der Waals surface area contributed by atoms with Gasteiger partial charge in [0.1, 0.15) is 24.4 Å². The first-order valence-electron chi connectivity index (χ1n) is 34.6. The lowest BCUT2D eigenvalue weighted by molar-refractivity contribution is -0.305. The number of nitrogens with one attached hydrogen (secondary N) is 1. The lowest BCUT2D eigenvalue weighted by Gasteiger charge is -2.41. The normalized spacial score (nSPS) is 19.0. The van der Waals surface area contributed by atoms with Crippen LogP contribution in [-0.2, 0) is 23.8 Å². The maximum absolute atomic E-state index is 13.5. The molecule has 0 bridgehead atoms. The van der Waals surface area contributed by atoms with Crippen LogP contribution in [0, 0.1) is 0 Å². The molecule has 82 heavy (non-hydrogen) atoms. The van der Waals surface area contributed by atoms with Gasteiger partial charge in [-0.1, -0.05) is 281 Å². The van der Waals surface area contributed by atoms with Crippen molar-refractivity contribution in [2.45, 2.75) is 365 Å². The number of unbranched alkanes of at least 4 members (excludes halogenated alkanes) is 37. The highest BCUT2D eigenvalue weighted by atomic mass is 16.7. The Hall–Kier alpha value is -2.64. The molecule has 1 rings (SSSR count). The van der Waals surface area contributed by atoms with Gasteiger partial charge < -0.3 is 45.1 Å². The van der Waals surface area contributed by atoms with E-state index in [0.29, 0.717) is 12.8 Å². The van der Waals surface area contributed by atoms with E-state index in [-0.39, 0.29) is 19.4 Å². The summed E-state index contributed by atoms with van der Waals surface area (Å²) in [5.74, 6) is -1.19. The van der Waals surface area contributed by atoms with Crippen LogP contribution in [0.15, 0.2) is 60.8 Å². The first kappa shape index (κ1) is 77.4. The zero-order valence-corrected chi connectivity index (χ0v) is 53.1. The number of hydrogen-bond donors (Lipinski definition) is 6. The Morgan fingerprint density at radius 1 is 0.476 bits per heavy atom. The number of aliphatic hydroxyl groups is 5. The van der Waals surface area contributed by atoms with Gasteiger partial charge in [-0.25, -0.2) is 0 Å². The summed E-state index contributed by atoms with van der Waals surface area (Å²) in [5, 5.41) is 57.2. The molecule has 0 radical (unpaired) electrons. The second-order valence-corrected chi connectivity index (χ2v) is 23.9. The molecule has 6 N–H and O–H groups in total. The summed E-state index contributed by atoms with van der Waals surface area (Å²) in [6.07, 6.45) is 64.0. The van der Waals surface area contributed by atoms with Gasteiger partial charge >= 0.3 is 5.97 Å². The number of amides is 1. The van der Waals surface area contributed by atoms with Gasteiger partial charge in [-0.3, -0.25) is 9.59 Å². The Labute approximate surface area is 503 Å². The summed E-state index contributed by atoms with van der Waals surface area (Å²) >= 11 is 0. The average molecular weight is 1160 g/mol. The van der Waals surface area contributed by atoms with Gasteiger partial charge in [-0.2, -0.15) is 0 Å². The highest BCUT2D eigenvalue weighted by Crippen LogP contribution is 2.26. The predicted octanol–water partition coefficient (Wildman–Crippen LogP) is 17.3. The molecule has 478 valence electrons. The SMILES string of the molecule is CCCCC/C=C\C/C=C\CCCCCCCCCCCCCCCC(=O)OC1C(OCC(NC(=O)C(O)CCCCCCCCCC/C=C\C/C=C\CCCCC)C(O)/C=C/CCCCCCCCCCCC)OC(CO)C(O)C1O. The third kappa shape index (κ3) is 45.7. The smallest absolute Gasteiger partial charge is 0.306 e. The van der Waals surface area contributed by atoms with Crippen LogP contribution in [0.3, 0.4) is 0 Å². The Bertz CT molecular complexity index is 1560. The maximum Gasteiger partial charge on any atom is 0.306 e. The van der Waals surface area contributed by atoms with Gasteiger partial charge in [0.15, 0.2) is 12.4 Å². The van der Waals surface area contributed by atoms with Crippen molar-refractivity contribution in [3.05, 3.63) is 60.8 Å². The van der Waals surface area contributed by atoms with Crippen LogP contribution >= 0.6 is 0 Å². The summed E-state index contributed by atoms with van der Waals surface area (Å²) < 4.78 is 17.7. The van der Waals surface area contributed by atoms with Crippen molar-refractivity contribution in [3.63, 3.8) is 0 Å². The zero-order chi connectivity index (χ0) is 59.6. The van der Waals surface area contributed by atoms with E-state index in [1.807, 2.05) is 6.08 Å². The number of aliphatic hydroxyl groups excluding tert-OH is 5. The molecule has 11 nitrogen and oxygen atoms in total. The van der Waals surface area contributed by atoms with Gasteiger partial charge in [0.25, 0.3) is 0 Å². The minimum Gasteiger partial charge on any atom is -0.454 e. The van der Waals surface area contributed by atoms with Crippen molar-refractivity contribution in [2.75, 3.05) is 13.2 Å². The Kier molecular flexibility index (Phi) is 55.4. The van der Waals surface area contributed by atoms with Gasteiger partial charge in [-0.05, 0) is 89.9 Å².